The normalized spacial score (nSPS) is 8.50. The van der Waals surface area contributed by atoms with Gasteiger partial charge in [0.2, 0.25) is 0 Å². The molecule has 0 atom stereocenters. The number of hydrogen-bond donors (Lipinski definition) is 1. The van der Waals surface area contributed by atoms with Gasteiger partial charge in [0.25, 0.3) is 0 Å². The number of hydrogen-bond acceptors (Lipinski definition) is 3. The van der Waals surface area contributed by atoms with E-state index in [0.29, 0.717) is 11.3 Å². The highest BCUT2D eigenvalue weighted by Crippen LogP contribution is 2.03. The van der Waals surface area contributed by atoms with Crippen LogP contribution in [0.1, 0.15) is 23.0 Å². The molecule has 0 bridgehead atoms. The summed E-state index contributed by atoms with van der Waals surface area (Å²) in [5.41, 5.74) is 0.858. The maximum Gasteiger partial charge on any atom is 0.357 e. The summed E-state index contributed by atoms with van der Waals surface area (Å²) in [5.74, 6) is 4.94. The quantitative estimate of drug-likeness (QED) is 0.487. The topological polar surface area (TPSA) is 55.0 Å². The summed E-state index contributed by atoms with van der Waals surface area (Å²) in [6.07, 6.45) is 1.49. The molecule has 1 aromatic heterocycles. The molecule has 4 heteroatoms. The van der Waals surface area contributed by atoms with Crippen molar-refractivity contribution in [2.24, 2.45) is 0 Å². The lowest BCUT2D eigenvalue weighted by Crippen LogP contribution is -2.03. The number of esters is 1. The number of aromatic amines is 1. The molecule has 1 heterocycles. The third-order valence-electron chi connectivity index (χ3n) is 1.29. The van der Waals surface area contributed by atoms with Crippen LogP contribution in [0.15, 0.2) is 6.20 Å². The van der Waals surface area contributed by atoms with E-state index in [0.717, 1.165) is 0 Å². The van der Waals surface area contributed by atoms with Crippen LogP contribution in [0.2, 0.25) is 0 Å². The van der Waals surface area contributed by atoms with Crippen LogP contribution in [-0.2, 0) is 4.74 Å². The molecule has 0 saturated carbocycles. The fraction of sp³-hybridized carbons (Fsp3) is 0.250. The van der Waals surface area contributed by atoms with Gasteiger partial charge in [0.05, 0.1) is 18.9 Å². The smallest absolute Gasteiger partial charge is 0.357 e. The van der Waals surface area contributed by atoms with Crippen LogP contribution in [-0.4, -0.2) is 23.3 Å². The van der Waals surface area contributed by atoms with Crippen molar-refractivity contribution in [1.82, 2.24) is 10.2 Å². The molecule has 1 rings (SSSR count). The molecular weight excluding hydrogens is 156 g/mol. The lowest BCUT2D eigenvalue weighted by atomic mass is 10.2. The Bertz CT molecular complexity index is 343. The molecule has 0 spiro atoms. The second-order valence-corrected chi connectivity index (χ2v) is 2.03. The van der Waals surface area contributed by atoms with Crippen molar-refractivity contribution in [3.63, 3.8) is 0 Å². The van der Waals surface area contributed by atoms with Crippen LogP contribution in [0.4, 0.5) is 0 Å². The van der Waals surface area contributed by atoms with Crippen molar-refractivity contribution in [1.29, 1.82) is 0 Å². The highest BCUT2D eigenvalue weighted by atomic mass is 16.5. The number of methoxy groups -OCH3 is 1. The van der Waals surface area contributed by atoms with Gasteiger partial charge >= 0.3 is 5.97 Å². The van der Waals surface area contributed by atoms with E-state index in [4.69, 9.17) is 0 Å². The van der Waals surface area contributed by atoms with Crippen molar-refractivity contribution < 1.29 is 9.53 Å². The number of rotatable bonds is 1. The van der Waals surface area contributed by atoms with E-state index in [9.17, 15) is 4.79 Å². The number of nitrogens with one attached hydrogen (secondary N) is 1. The van der Waals surface area contributed by atoms with Crippen molar-refractivity contribution in [3.05, 3.63) is 17.5 Å². The number of carbonyl (C=O) groups is 1. The van der Waals surface area contributed by atoms with Gasteiger partial charge in [-0.15, -0.1) is 5.92 Å². The molecule has 0 radical (unpaired) electrons. The number of aromatic nitrogens is 2. The van der Waals surface area contributed by atoms with Gasteiger partial charge in [-0.1, -0.05) is 5.92 Å². The SMILES string of the molecule is CC#Cc1cn[nH]c1C(=O)OC. The number of carbonyl (C=O) groups excluding carboxylic acids is 1. The fourth-order valence-corrected chi connectivity index (χ4v) is 0.773. The maximum absolute atomic E-state index is 11.0. The predicted octanol–water partition coefficient (Wildman–Crippen LogP) is 0.568. The third-order valence-corrected chi connectivity index (χ3v) is 1.29. The van der Waals surface area contributed by atoms with E-state index in [2.05, 4.69) is 26.8 Å². The highest BCUT2D eigenvalue weighted by molar-refractivity contribution is 5.89. The number of nitrogens with zero attached hydrogens (tertiary/aromatic N) is 1. The van der Waals surface area contributed by atoms with E-state index in [1.54, 1.807) is 6.92 Å². The van der Waals surface area contributed by atoms with Crippen LogP contribution in [0.3, 0.4) is 0 Å². The number of H-pyrrole nitrogens is 1. The predicted molar refractivity (Wildman–Crippen MR) is 42.5 cm³/mol. The number of ether oxygens (including phenoxy) is 1. The fourth-order valence-electron chi connectivity index (χ4n) is 0.773. The van der Waals surface area contributed by atoms with Crippen molar-refractivity contribution in [3.8, 4) is 11.8 Å². The van der Waals surface area contributed by atoms with Crippen LogP contribution >= 0.6 is 0 Å². The standard InChI is InChI=1S/C8H8N2O2/c1-3-4-6-5-9-10-7(6)8(11)12-2/h5H,1-2H3,(H,9,10). The van der Waals surface area contributed by atoms with Gasteiger partial charge in [0.15, 0.2) is 5.69 Å². The van der Waals surface area contributed by atoms with Crippen molar-refractivity contribution in [2.45, 2.75) is 6.92 Å². The summed E-state index contributed by atoms with van der Waals surface area (Å²) in [6, 6.07) is 0. The summed E-state index contributed by atoms with van der Waals surface area (Å²) >= 11 is 0. The van der Waals surface area contributed by atoms with E-state index in [-0.39, 0.29) is 0 Å². The summed E-state index contributed by atoms with van der Waals surface area (Å²) < 4.78 is 4.50. The molecule has 0 aromatic carbocycles. The zero-order valence-electron chi connectivity index (χ0n) is 6.84. The Kier molecular flexibility index (Phi) is 2.49. The lowest BCUT2D eigenvalue weighted by Gasteiger charge is -1.93. The minimum atomic E-state index is -0.453. The molecule has 1 N–H and O–H groups in total. The largest absolute Gasteiger partial charge is 0.464 e. The molecule has 62 valence electrons. The summed E-state index contributed by atoms with van der Waals surface area (Å²) in [5, 5.41) is 6.20. The van der Waals surface area contributed by atoms with E-state index < -0.39 is 5.97 Å². The lowest BCUT2D eigenvalue weighted by molar-refractivity contribution is 0.0593. The maximum atomic E-state index is 11.0. The molecule has 0 fully saturated rings. The molecule has 0 aliphatic heterocycles. The molecular formula is C8H8N2O2. The van der Waals surface area contributed by atoms with Crippen LogP contribution in [0.25, 0.3) is 0 Å². The minimum absolute atomic E-state index is 0.298. The Morgan fingerprint density at radius 2 is 2.50 bits per heavy atom. The Balaban J connectivity index is 3.04. The Labute approximate surface area is 69.9 Å². The Morgan fingerprint density at radius 3 is 3.08 bits per heavy atom. The minimum Gasteiger partial charge on any atom is -0.464 e. The second kappa shape index (κ2) is 3.58. The molecule has 12 heavy (non-hydrogen) atoms. The zero-order valence-corrected chi connectivity index (χ0v) is 6.84. The van der Waals surface area contributed by atoms with Gasteiger partial charge in [-0.25, -0.2) is 4.79 Å². The zero-order chi connectivity index (χ0) is 8.97. The van der Waals surface area contributed by atoms with Gasteiger partial charge < -0.3 is 4.74 Å². The Hall–Kier alpha value is -1.76. The van der Waals surface area contributed by atoms with Crippen LogP contribution in [0.5, 0.6) is 0 Å². The van der Waals surface area contributed by atoms with Gasteiger partial charge in [-0.2, -0.15) is 5.10 Å². The first-order chi connectivity index (χ1) is 5.79. The molecule has 0 unspecified atom stereocenters. The summed E-state index contributed by atoms with van der Waals surface area (Å²) in [4.78, 5) is 11.0. The first kappa shape index (κ1) is 8.34. The van der Waals surface area contributed by atoms with Crippen molar-refractivity contribution in [2.75, 3.05) is 7.11 Å². The molecule has 0 aliphatic rings. The third kappa shape index (κ3) is 1.45. The second-order valence-electron chi connectivity index (χ2n) is 2.03. The first-order valence-electron chi connectivity index (χ1n) is 3.34. The monoisotopic (exact) mass is 164 g/mol. The average Bonchev–Trinajstić information content (AvgIpc) is 2.52. The average molecular weight is 164 g/mol. The van der Waals surface area contributed by atoms with Gasteiger partial charge in [0, 0.05) is 0 Å². The molecule has 4 nitrogen and oxygen atoms in total. The van der Waals surface area contributed by atoms with E-state index in [1.165, 1.54) is 13.3 Å². The van der Waals surface area contributed by atoms with Gasteiger partial charge in [-0.05, 0) is 6.92 Å². The van der Waals surface area contributed by atoms with Gasteiger partial charge in [-0.3, -0.25) is 5.10 Å². The molecule has 1 aromatic rings. The highest BCUT2D eigenvalue weighted by Gasteiger charge is 2.11. The van der Waals surface area contributed by atoms with Crippen LogP contribution in [0, 0.1) is 11.8 Å². The Morgan fingerprint density at radius 1 is 1.75 bits per heavy atom. The van der Waals surface area contributed by atoms with Crippen LogP contribution < -0.4 is 0 Å². The van der Waals surface area contributed by atoms with E-state index in [1.807, 2.05) is 0 Å². The first-order valence-corrected chi connectivity index (χ1v) is 3.34. The van der Waals surface area contributed by atoms with E-state index >= 15 is 0 Å². The molecule has 0 saturated heterocycles. The summed E-state index contributed by atoms with van der Waals surface area (Å²) in [7, 11) is 1.31. The van der Waals surface area contributed by atoms with Gasteiger partial charge in [0.1, 0.15) is 0 Å². The molecule has 0 aliphatic carbocycles. The van der Waals surface area contributed by atoms with Crippen molar-refractivity contribution >= 4 is 5.97 Å². The summed E-state index contributed by atoms with van der Waals surface area (Å²) in [6.45, 7) is 1.69. The molecule has 0 amide bonds.